The highest BCUT2D eigenvalue weighted by Crippen LogP contribution is 2.14. The van der Waals surface area contributed by atoms with E-state index in [4.69, 9.17) is 0 Å². The van der Waals surface area contributed by atoms with Gasteiger partial charge in [0.15, 0.2) is 0 Å². The van der Waals surface area contributed by atoms with Crippen LogP contribution in [0.1, 0.15) is 187 Å². The van der Waals surface area contributed by atoms with Crippen molar-refractivity contribution in [3.8, 4) is 0 Å². The van der Waals surface area contributed by atoms with E-state index in [2.05, 4.69) is 25.8 Å². The maximum atomic E-state index is 2.58. The molecule has 0 N–H and O–H groups in total. The Kier molecular flexibility index (Phi) is 30.0. The number of hydrogen-bond acceptors (Lipinski definition) is 1. The molecule has 0 atom stereocenters. The fraction of sp³-hybridized carbons (Fsp3) is 1.00. The Morgan fingerprint density at radius 3 is 0.667 bits per heavy atom. The van der Waals surface area contributed by atoms with Crippen molar-refractivity contribution in [3.63, 3.8) is 0 Å². The zero-order valence-electron chi connectivity index (χ0n) is 24.0. The molecule has 0 fully saturated rings. The number of unbranched alkanes of at least 4 members (excludes halogenated alkanes) is 25. The predicted octanol–water partition coefficient (Wildman–Crippen LogP) is 11.5. The van der Waals surface area contributed by atoms with Crippen LogP contribution in [-0.2, 0) is 0 Å². The Hall–Kier alpha value is -0.0400. The first-order valence-electron chi connectivity index (χ1n) is 16.0. The third-order valence-corrected chi connectivity index (χ3v) is 7.54. The second-order valence-corrected chi connectivity index (χ2v) is 11.1. The highest BCUT2D eigenvalue weighted by molar-refractivity contribution is 4.55. The van der Waals surface area contributed by atoms with Gasteiger partial charge in [0, 0.05) is 0 Å². The maximum Gasteiger partial charge on any atom is -0.00218 e. The molecule has 0 radical (unpaired) electrons. The van der Waals surface area contributed by atoms with Gasteiger partial charge >= 0.3 is 0 Å². The van der Waals surface area contributed by atoms with Crippen LogP contribution < -0.4 is 0 Å². The fourth-order valence-electron chi connectivity index (χ4n) is 5.09. The first-order valence-corrected chi connectivity index (χ1v) is 16.0. The number of nitrogens with zero attached hydrogens (tertiary/aromatic N) is 1. The Balaban J connectivity index is 3.13. The van der Waals surface area contributed by atoms with Crippen molar-refractivity contribution in [2.24, 2.45) is 0 Å². The summed E-state index contributed by atoms with van der Waals surface area (Å²) in [7, 11) is 2.34. The summed E-state index contributed by atoms with van der Waals surface area (Å²) in [5.41, 5.74) is 0. The van der Waals surface area contributed by atoms with Crippen LogP contribution >= 0.6 is 0 Å². The van der Waals surface area contributed by atoms with Crippen LogP contribution in [0.15, 0.2) is 0 Å². The SMILES string of the molecule is CCCCCCCCCCCCCCCCN(C)CCCCCCCCCCCCCCC. The van der Waals surface area contributed by atoms with Crippen molar-refractivity contribution < 1.29 is 0 Å². The van der Waals surface area contributed by atoms with Crippen LogP contribution in [0.2, 0.25) is 0 Å². The summed E-state index contributed by atoms with van der Waals surface area (Å²) in [6, 6.07) is 0. The summed E-state index contributed by atoms with van der Waals surface area (Å²) in [5.74, 6) is 0. The fourth-order valence-corrected chi connectivity index (χ4v) is 5.09. The summed E-state index contributed by atoms with van der Waals surface area (Å²) in [6.07, 6.45) is 39.3. The van der Waals surface area contributed by atoms with Crippen molar-refractivity contribution >= 4 is 0 Å². The van der Waals surface area contributed by atoms with E-state index in [1.165, 1.54) is 186 Å². The lowest BCUT2D eigenvalue weighted by atomic mass is 10.0. The molecule has 0 rings (SSSR count). The van der Waals surface area contributed by atoms with E-state index in [-0.39, 0.29) is 0 Å². The minimum Gasteiger partial charge on any atom is -0.306 e. The number of hydrogen-bond donors (Lipinski definition) is 0. The molecule has 0 aliphatic carbocycles. The van der Waals surface area contributed by atoms with E-state index in [1.807, 2.05) is 0 Å². The normalized spacial score (nSPS) is 11.6. The molecule has 0 aliphatic heterocycles. The first-order chi connectivity index (χ1) is 16.3. The van der Waals surface area contributed by atoms with E-state index in [0.717, 1.165) is 0 Å². The van der Waals surface area contributed by atoms with Crippen LogP contribution in [0, 0.1) is 0 Å². The number of rotatable bonds is 29. The molecule has 0 saturated heterocycles. The van der Waals surface area contributed by atoms with Gasteiger partial charge in [0.05, 0.1) is 0 Å². The molecule has 0 aromatic rings. The molecule has 0 aliphatic rings. The molecule has 0 saturated carbocycles. The molecule has 0 heterocycles. The molecule has 0 unspecified atom stereocenters. The molecular formula is C32H67N. The van der Waals surface area contributed by atoms with Crippen LogP contribution in [0.3, 0.4) is 0 Å². The maximum absolute atomic E-state index is 2.58. The molecule has 33 heavy (non-hydrogen) atoms. The summed E-state index contributed by atoms with van der Waals surface area (Å²) < 4.78 is 0. The van der Waals surface area contributed by atoms with E-state index < -0.39 is 0 Å². The minimum absolute atomic E-state index is 1.32. The van der Waals surface area contributed by atoms with Crippen molar-refractivity contribution in [2.45, 2.75) is 187 Å². The van der Waals surface area contributed by atoms with E-state index in [1.54, 1.807) is 0 Å². The van der Waals surface area contributed by atoms with Crippen LogP contribution in [-0.4, -0.2) is 25.0 Å². The molecule has 0 aromatic carbocycles. The van der Waals surface area contributed by atoms with Gasteiger partial charge in [0.25, 0.3) is 0 Å². The molecule has 0 bridgehead atoms. The van der Waals surface area contributed by atoms with Crippen molar-refractivity contribution in [2.75, 3.05) is 20.1 Å². The largest absolute Gasteiger partial charge is 0.306 e. The minimum atomic E-state index is 1.32. The Labute approximate surface area is 212 Å². The molecule has 0 amide bonds. The topological polar surface area (TPSA) is 3.24 Å². The molecule has 0 aromatic heterocycles. The molecule has 0 spiro atoms. The Morgan fingerprint density at radius 1 is 0.273 bits per heavy atom. The van der Waals surface area contributed by atoms with E-state index >= 15 is 0 Å². The zero-order valence-corrected chi connectivity index (χ0v) is 24.0. The third kappa shape index (κ3) is 29.9. The Bertz CT molecular complexity index is 326. The molecule has 1 nitrogen and oxygen atoms in total. The lowest BCUT2D eigenvalue weighted by Crippen LogP contribution is -2.20. The van der Waals surface area contributed by atoms with Gasteiger partial charge in [-0.15, -0.1) is 0 Å². The summed E-state index contributed by atoms with van der Waals surface area (Å²) in [6.45, 7) is 7.24. The smallest absolute Gasteiger partial charge is 0.00218 e. The Morgan fingerprint density at radius 2 is 0.455 bits per heavy atom. The van der Waals surface area contributed by atoms with Gasteiger partial charge in [-0.2, -0.15) is 0 Å². The summed E-state index contributed by atoms with van der Waals surface area (Å²) in [4.78, 5) is 2.58. The molecule has 200 valence electrons. The lowest BCUT2D eigenvalue weighted by molar-refractivity contribution is 0.314. The van der Waals surface area contributed by atoms with Crippen LogP contribution in [0.5, 0.6) is 0 Å². The average molecular weight is 466 g/mol. The quantitative estimate of drug-likeness (QED) is 0.0992. The summed E-state index contributed by atoms with van der Waals surface area (Å²) in [5, 5.41) is 0. The molecule has 1 heteroatoms. The van der Waals surface area contributed by atoms with Crippen molar-refractivity contribution in [1.29, 1.82) is 0 Å². The zero-order chi connectivity index (χ0) is 24.1. The van der Waals surface area contributed by atoms with E-state index in [0.29, 0.717) is 0 Å². The highest BCUT2D eigenvalue weighted by Gasteiger charge is 1.99. The second kappa shape index (κ2) is 30.0. The predicted molar refractivity (Wildman–Crippen MR) is 154 cm³/mol. The average Bonchev–Trinajstić information content (AvgIpc) is 2.82. The van der Waals surface area contributed by atoms with Crippen molar-refractivity contribution in [1.82, 2.24) is 4.90 Å². The second-order valence-electron chi connectivity index (χ2n) is 11.1. The third-order valence-electron chi connectivity index (χ3n) is 7.54. The first kappa shape index (κ1) is 33.0. The van der Waals surface area contributed by atoms with Gasteiger partial charge in [-0.25, -0.2) is 0 Å². The van der Waals surface area contributed by atoms with Gasteiger partial charge in [-0.05, 0) is 33.0 Å². The van der Waals surface area contributed by atoms with Gasteiger partial charge in [0.1, 0.15) is 0 Å². The van der Waals surface area contributed by atoms with Crippen LogP contribution in [0.4, 0.5) is 0 Å². The lowest BCUT2D eigenvalue weighted by Gasteiger charge is -2.16. The van der Waals surface area contributed by atoms with Gasteiger partial charge in [-0.3, -0.25) is 0 Å². The standard InChI is InChI=1S/C32H67N/c1-4-6-8-10-12-14-16-18-20-22-24-26-28-30-32-33(3)31-29-27-25-23-21-19-17-15-13-11-9-7-5-2/h4-32H2,1-3H3. The van der Waals surface area contributed by atoms with Gasteiger partial charge in [0.2, 0.25) is 0 Å². The van der Waals surface area contributed by atoms with Gasteiger partial charge in [-0.1, -0.05) is 174 Å². The van der Waals surface area contributed by atoms with Gasteiger partial charge < -0.3 is 4.90 Å². The monoisotopic (exact) mass is 466 g/mol. The molecular weight excluding hydrogens is 398 g/mol. The van der Waals surface area contributed by atoms with E-state index in [9.17, 15) is 0 Å². The highest BCUT2D eigenvalue weighted by atomic mass is 15.1. The summed E-state index contributed by atoms with van der Waals surface area (Å²) >= 11 is 0. The van der Waals surface area contributed by atoms with Crippen molar-refractivity contribution in [3.05, 3.63) is 0 Å². The van der Waals surface area contributed by atoms with Crippen LogP contribution in [0.25, 0.3) is 0 Å².